The first-order valence-electron chi connectivity index (χ1n) is 4.60. The third-order valence-corrected chi connectivity index (χ3v) is 2.18. The van der Waals surface area contributed by atoms with Crippen molar-refractivity contribution >= 4 is 5.91 Å². The van der Waals surface area contributed by atoms with E-state index >= 15 is 0 Å². The van der Waals surface area contributed by atoms with Crippen LogP contribution in [-0.2, 0) is 4.79 Å². The van der Waals surface area contributed by atoms with Crippen LogP contribution in [-0.4, -0.2) is 34.9 Å². The largest absolute Gasteiger partial charge is 0.394 e. The standard InChI is InChI=1S/C10H17NO3/c1-3-5-6-9(14)11-10(4-2,7-12)8-13/h1,12-13H,4-8H2,2H3,(H,11,14). The number of carbonyl (C=O) groups is 1. The van der Waals surface area contributed by atoms with Crippen molar-refractivity contribution in [3.63, 3.8) is 0 Å². The number of terminal acetylenes is 1. The number of hydrogen-bond acceptors (Lipinski definition) is 3. The molecule has 0 spiro atoms. The molecule has 4 heteroatoms. The average Bonchev–Trinajstić information content (AvgIpc) is 2.23. The zero-order valence-electron chi connectivity index (χ0n) is 8.42. The quantitative estimate of drug-likeness (QED) is 0.512. The van der Waals surface area contributed by atoms with Gasteiger partial charge in [-0.25, -0.2) is 0 Å². The summed E-state index contributed by atoms with van der Waals surface area (Å²) in [5.74, 6) is 2.11. The Balaban J connectivity index is 4.17. The lowest BCUT2D eigenvalue weighted by molar-refractivity contribution is -0.124. The number of nitrogens with one attached hydrogen (secondary N) is 1. The van der Waals surface area contributed by atoms with Crippen LogP contribution in [0.25, 0.3) is 0 Å². The minimum Gasteiger partial charge on any atom is -0.394 e. The van der Waals surface area contributed by atoms with Crippen molar-refractivity contribution in [3.05, 3.63) is 0 Å². The first-order chi connectivity index (χ1) is 6.64. The summed E-state index contributed by atoms with van der Waals surface area (Å²) in [6, 6.07) is 0. The van der Waals surface area contributed by atoms with Crippen LogP contribution in [0.2, 0.25) is 0 Å². The van der Waals surface area contributed by atoms with Gasteiger partial charge in [-0.15, -0.1) is 12.3 Å². The predicted octanol–water partition coefficient (Wildman–Crippen LogP) is -0.351. The second kappa shape index (κ2) is 6.41. The fraction of sp³-hybridized carbons (Fsp3) is 0.700. The van der Waals surface area contributed by atoms with Crippen LogP contribution in [0.4, 0.5) is 0 Å². The molecule has 0 saturated carbocycles. The van der Waals surface area contributed by atoms with Gasteiger partial charge in [-0.1, -0.05) is 6.92 Å². The maximum absolute atomic E-state index is 11.3. The fourth-order valence-corrected chi connectivity index (χ4v) is 0.985. The van der Waals surface area contributed by atoms with E-state index in [1.807, 2.05) is 0 Å². The molecule has 0 heterocycles. The number of carbonyl (C=O) groups excluding carboxylic acids is 1. The molecule has 0 rings (SSSR count). The van der Waals surface area contributed by atoms with E-state index in [1.165, 1.54) is 0 Å². The Morgan fingerprint density at radius 1 is 1.50 bits per heavy atom. The van der Waals surface area contributed by atoms with Gasteiger partial charge in [-0.05, 0) is 6.42 Å². The summed E-state index contributed by atoms with van der Waals surface area (Å²) in [5.41, 5.74) is -0.911. The Morgan fingerprint density at radius 2 is 2.07 bits per heavy atom. The molecule has 0 aliphatic heterocycles. The van der Waals surface area contributed by atoms with Gasteiger partial charge in [0.15, 0.2) is 0 Å². The topological polar surface area (TPSA) is 69.6 Å². The number of aliphatic hydroxyl groups is 2. The van der Waals surface area contributed by atoms with Crippen molar-refractivity contribution in [2.75, 3.05) is 13.2 Å². The Labute approximate surface area is 84.3 Å². The lowest BCUT2D eigenvalue weighted by Crippen LogP contribution is -2.53. The van der Waals surface area contributed by atoms with Crippen molar-refractivity contribution in [1.29, 1.82) is 0 Å². The molecule has 0 aromatic carbocycles. The predicted molar refractivity (Wildman–Crippen MR) is 53.4 cm³/mol. The summed E-state index contributed by atoms with van der Waals surface area (Å²) in [7, 11) is 0. The molecule has 0 fully saturated rings. The minimum absolute atomic E-state index is 0.220. The van der Waals surface area contributed by atoms with Crippen LogP contribution in [0, 0.1) is 12.3 Å². The molecule has 0 unspecified atom stereocenters. The third-order valence-electron chi connectivity index (χ3n) is 2.18. The average molecular weight is 199 g/mol. The van der Waals surface area contributed by atoms with Gasteiger partial charge < -0.3 is 15.5 Å². The highest BCUT2D eigenvalue weighted by molar-refractivity contribution is 5.77. The summed E-state index contributed by atoms with van der Waals surface area (Å²) in [4.78, 5) is 11.3. The molecule has 3 N–H and O–H groups in total. The van der Waals surface area contributed by atoms with Crippen LogP contribution in [0.15, 0.2) is 0 Å². The highest BCUT2D eigenvalue weighted by Crippen LogP contribution is 2.08. The van der Waals surface area contributed by atoms with E-state index < -0.39 is 5.54 Å². The number of hydrogen-bond donors (Lipinski definition) is 3. The Bertz CT molecular complexity index is 208. The molecule has 80 valence electrons. The van der Waals surface area contributed by atoms with E-state index in [1.54, 1.807) is 6.92 Å². The molecule has 0 aromatic heterocycles. The van der Waals surface area contributed by atoms with Crippen molar-refractivity contribution in [2.45, 2.75) is 31.7 Å². The van der Waals surface area contributed by atoms with Gasteiger partial charge in [0.1, 0.15) is 0 Å². The second-order valence-electron chi connectivity index (χ2n) is 3.20. The first-order valence-corrected chi connectivity index (χ1v) is 4.60. The van der Waals surface area contributed by atoms with Gasteiger partial charge in [-0.3, -0.25) is 4.79 Å². The Morgan fingerprint density at radius 3 is 2.43 bits per heavy atom. The zero-order chi connectivity index (χ0) is 11.0. The summed E-state index contributed by atoms with van der Waals surface area (Å²) in [5, 5.41) is 20.7. The van der Waals surface area contributed by atoms with Gasteiger partial charge in [0.2, 0.25) is 5.91 Å². The molecule has 14 heavy (non-hydrogen) atoms. The molecule has 0 aromatic rings. The second-order valence-corrected chi connectivity index (χ2v) is 3.20. The third kappa shape index (κ3) is 3.77. The number of amides is 1. The molecular weight excluding hydrogens is 182 g/mol. The molecular formula is C10H17NO3. The summed E-state index contributed by atoms with van der Waals surface area (Å²) in [6.07, 6.45) is 6.07. The van der Waals surface area contributed by atoms with Crippen LogP contribution in [0.1, 0.15) is 26.2 Å². The van der Waals surface area contributed by atoms with Crippen LogP contribution < -0.4 is 5.32 Å². The summed E-state index contributed by atoms with van der Waals surface area (Å²) >= 11 is 0. The van der Waals surface area contributed by atoms with E-state index in [4.69, 9.17) is 16.6 Å². The van der Waals surface area contributed by atoms with Crippen LogP contribution >= 0.6 is 0 Å². The summed E-state index contributed by atoms with van der Waals surface area (Å²) < 4.78 is 0. The Kier molecular flexibility index (Phi) is 5.93. The number of rotatable bonds is 6. The van der Waals surface area contributed by atoms with Gasteiger partial charge in [0.25, 0.3) is 0 Å². The fourth-order valence-electron chi connectivity index (χ4n) is 0.985. The van der Waals surface area contributed by atoms with Crippen molar-refractivity contribution < 1.29 is 15.0 Å². The Hall–Kier alpha value is -1.05. The molecule has 0 saturated heterocycles. The lowest BCUT2D eigenvalue weighted by Gasteiger charge is -2.29. The van der Waals surface area contributed by atoms with E-state index in [0.29, 0.717) is 12.8 Å². The molecule has 0 bridgehead atoms. The van der Waals surface area contributed by atoms with E-state index in [2.05, 4.69) is 11.2 Å². The monoisotopic (exact) mass is 199 g/mol. The smallest absolute Gasteiger partial charge is 0.221 e. The highest BCUT2D eigenvalue weighted by atomic mass is 16.3. The van der Waals surface area contributed by atoms with Crippen molar-refractivity contribution in [2.24, 2.45) is 0 Å². The van der Waals surface area contributed by atoms with Gasteiger partial charge >= 0.3 is 0 Å². The number of aliphatic hydroxyl groups excluding tert-OH is 2. The van der Waals surface area contributed by atoms with E-state index in [-0.39, 0.29) is 25.5 Å². The van der Waals surface area contributed by atoms with Crippen molar-refractivity contribution in [3.8, 4) is 12.3 Å². The van der Waals surface area contributed by atoms with Crippen LogP contribution in [0.5, 0.6) is 0 Å². The first kappa shape index (κ1) is 12.9. The van der Waals surface area contributed by atoms with E-state index in [0.717, 1.165) is 0 Å². The molecule has 0 aliphatic rings. The molecule has 0 aliphatic carbocycles. The molecule has 0 radical (unpaired) electrons. The minimum atomic E-state index is -0.911. The zero-order valence-corrected chi connectivity index (χ0v) is 8.42. The molecule has 4 nitrogen and oxygen atoms in total. The molecule has 1 amide bonds. The normalized spacial score (nSPS) is 10.7. The van der Waals surface area contributed by atoms with Gasteiger partial charge in [-0.2, -0.15) is 0 Å². The van der Waals surface area contributed by atoms with Crippen molar-refractivity contribution in [1.82, 2.24) is 5.32 Å². The van der Waals surface area contributed by atoms with Crippen LogP contribution in [0.3, 0.4) is 0 Å². The maximum atomic E-state index is 11.3. The highest BCUT2D eigenvalue weighted by Gasteiger charge is 2.27. The summed E-state index contributed by atoms with van der Waals surface area (Å²) in [6.45, 7) is 1.23. The molecule has 0 atom stereocenters. The lowest BCUT2D eigenvalue weighted by atomic mass is 9.98. The van der Waals surface area contributed by atoms with E-state index in [9.17, 15) is 4.79 Å². The maximum Gasteiger partial charge on any atom is 0.221 e. The SMILES string of the molecule is C#CCCC(=O)NC(CC)(CO)CO. The van der Waals surface area contributed by atoms with Gasteiger partial charge in [0, 0.05) is 12.8 Å². The van der Waals surface area contributed by atoms with Gasteiger partial charge in [0.05, 0.1) is 18.8 Å².